The van der Waals surface area contributed by atoms with Gasteiger partial charge in [0.25, 0.3) is 0 Å². The summed E-state index contributed by atoms with van der Waals surface area (Å²) in [6, 6.07) is -0.931. The van der Waals surface area contributed by atoms with E-state index in [2.05, 4.69) is 5.32 Å². The van der Waals surface area contributed by atoms with Crippen LogP contribution in [0.5, 0.6) is 0 Å². The normalized spacial score (nSPS) is 17.7. The van der Waals surface area contributed by atoms with Gasteiger partial charge in [-0.05, 0) is 6.92 Å². The molecule has 0 bridgehead atoms. The number of carbonyl (C=O) groups excluding carboxylic acids is 2. The highest BCUT2D eigenvalue weighted by molar-refractivity contribution is 5.74. The summed E-state index contributed by atoms with van der Waals surface area (Å²) in [5.41, 5.74) is 0. The van der Waals surface area contributed by atoms with Crippen molar-refractivity contribution in [1.29, 1.82) is 0 Å². The minimum absolute atomic E-state index is 0.271. The van der Waals surface area contributed by atoms with E-state index in [1.165, 1.54) is 13.8 Å². The quantitative estimate of drug-likeness (QED) is 0.451. The highest BCUT2D eigenvalue weighted by Gasteiger charge is 2.23. The van der Waals surface area contributed by atoms with Crippen molar-refractivity contribution in [3.63, 3.8) is 0 Å². The summed E-state index contributed by atoms with van der Waals surface area (Å²) in [6.45, 7) is 2.63. The third-order valence-corrected chi connectivity index (χ3v) is 1.40. The summed E-state index contributed by atoms with van der Waals surface area (Å²) in [5.74, 6) is -0.401. The van der Waals surface area contributed by atoms with Crippen LogP contribution in [-0.4, -0.2) is 40.7 Å². The fourth-order valence-corrected chi connectivity index (χ4v) is 0.811. The van der Waals surface area contributed by atoms with Gasteiger partial charge in [0, 0.05) is 6.92 Å². The van der Waals surface area contributed by atoms with Crippen LogP contribution in [0, 0.1) is 0 Å². The number of hydrogen-bond acceptors (Lipinski definition) is 4. The molecule has 0 spiro atoms. The van der Waals surface area contributed by atoms with Crippen molar-refractivity contribution < 1.29 is 19.8 Å². The molecule has 12 heavy (non-hydrogen) atoms. The average molecular weight is 175 g/mol. The van der Waals surface area contributed by atoms with Crippen molar-refractivity contribution in [1.82, 2.24) is 5.32 Å². The van der Waals surface area contributed by atoms with Crippen LogP contribution in [0.2, 0.25) is 0 Å². The van der Waals surface area contributed by atoms with Crippen molar-refractivity contribution >= 4 is 12.2 Å². The Kier molecular flexibility index (Phi) is 4.46. The van der Waals surface area contributed by atoms with Gasteiger partial charge in [-0.15, -0.1) is 0 Å². The van der Waals surface area contributed by atoms with E-state index in [-0.39, 0.29) is 6.29 Å². The molecule has 5 nitrogen and oxygen atoms in total. The summed E-state index contributed by atoms with van der Waals surface area (Å²) in [5, 5.41) is 20.3. The van der Waals surface area contributed by atoms with Gasteiger partial charge < -0.3 is 20.3 Å². The van der Waals surface area contributed by atoms with Crippen molar-refractivity contribution in [2.24, 2.45) is 0 Å². The molecule has 0 aliphatic heterocycles. The number of carbonyl (C=O) groups is 2. The molecule has 0 aromatic heterocycles. The molecule has 0 fully saturated rings. The molecule has 0 saturated heterocycles. The molecule has 3 N–H and O–H groups in total. The first-order valence-electron chi connectivity index (χ1n) is 3.57. The Morgan fingerprint density at radius 3 is 2.25 bits per heavy atom. The maximum atomic E-state index is 10.5. The lowest BCUT2D eigenvalue weighted by molar-refractivity contribution is -0.124. The van der Waals surface area contributed by atoms with Crippen LogP contribution in [0.4, 0.5) is 0 Å². The number of amides is 1. The zero-order valence-corrected chi connectivity index (χ0v) is 7.02. The highest BCUT2D eigenvalue weighted by atomic mass is 16.3. The lowest BCUT2D eigenvalue weighted by Crippen LogP contribution is -2.49. The summed E-state index contributed by atoms with van der Waals surface area (Å²) < 4.78 is 0. The summed E-state index contributed by atoms with van der Waals surface area (Å²) in [6.07, 6.45) is -2.06. The maximum Gasteiger partial charge on any atom is 0.217 e. The number of aliphatic hydroxyl groups excluding tert-OH is 2. The first-order chi connectivity index (χ1) is 5.49. The van der Waals surface area contributed by atoms with Crippen LogP contribution in [0.1, 0.15) is 13.8 Å². The molecular formula is C7H13NO4. The fraction of sp³-hybridized carbons (Fsp3) is 0.714. The lowest BCUT2D eigenvalue weighted by atomic mass is 10.1. The number of aliphatic hydroxyl groups is 2. The van der Waals surface area contributed by atoms with Crippen LogP contribution in [0.15, 0.2) is 0 Å². The Balaban J connectivity index is 4.22. The van der Waals surface area contributed by atoms with Gasteiger partial charge in [0.15, 0.2) is 6.29 Å². The van der Waals surface area contributed by atoms with Crippen LogP contribution >= 0.6 is 0 Å². The predicted octanol–water partition coefficient (Wildman–Crippen LogP) is -1.57. The zero-order valence-electron chi connectivity index (χ0n) is 7.02. The second kappa shape index (κ2) is 4.84. The van der Waals surface area contributed by atoms with E-state index in [1.807, 2.05) is 0 Å². The van der Waals surface area contributed by atoms with E-state index < -0.39 is 24.2 Å². The van der Waals surface area contributed by atoms with Crippen molar-refractivity contribution in [2.75, 3.05) is 0 Å². The van der Waals surface area contributed by atoms with Crippen LogP contribution < -0.4 is 5.32 Å². The van der Waals surface area contributed by atoms with Crippen LogP contribution in [0.3, 0.4) is 0 Å². The summed E-state index contributed by atoms with van der Waals surface area (Å²) in [4.78, 5) is 20.6. The second-order valence-corrected chi connectivity index (χ2v) is 2.59. The van der Waals surface area contributed by atoms with E-state index in [0.29, 0.717) is 0 Å². The lowest BCUT2D eigenvalue weighted by Gasteiger charge is -2.22. The number of aldehydes is 1. The summed E-state index contributed by atoms with van der Waals surface area (Å²) >= 11 is 0. The molecule has 0 aromatic carbocycles. The van der Waals surface area contributed by atoms with E-state index in [0.717, 1.165) is 0 Å². The molecule has 1 amide bonds. The minimum Gasteiger partial charge on any atom is -0.391 e. The molecule has 0 unspecified atom stereocenters. The fourth-order valence-electron chi connectivity index (χ4n) is 0.811. The Morgan fingerprint density at radius 1 is 1.50 bits per heavy atom. The van der Waals surface area contributed by atoms with Crippen LogP contribution in [0.25, 0.3) is 0 Å². The maximum absolute atomic E-state index is 10.5. The highest BCUT2D eigenvalue weighted by Crippen LogP contribution is 1.97. The molecule has 0 radical (unpaired) electrons. The minimum atomic E-state index is -1.37. The molecule has 0 saturated carbocycles. The molecule has 0 aliphatic carbocycles. The molecule has 0 aliphatic rings. The smallest absolute Gasteiger partial charge is 0.217 e. The van der Waals surface area contributed by atoms with E-state index in [1.54, 1.807) is 0 Å². The zero-order chi connectivity index (χ0) is 9.72. The first-order valence-corrected chi connectivity index (χ1v) is 3.57. The Hall–Kier alpha value is -0.940. The van der Waals surface area contributed by atoms with Gasteiger partial charge in [0.1, 0.15) is 6.10 Å². The Morgan fingerprint density at radius 2 is 2.00 bits per heavy atom. The molecule has 70 valence electrons. The van der Waals surface area contributed by atoms with E-state index in [4.69, 9.17) is 10.2 Å². The number of nitrogens with one attached hydrogen (secondary N) is 1. The largest absolute Gasteiger partial charge is 0.391 e. The van der Waals surface area contributed by atoms with Crippen molar-refractivity contribution in [3.8, 4) is 0 Å². The number of rotatable bonds is 4. The second-order valence-electron chi connectivity index (χ2n) is 2.59. The van der Waals surface area contributed by atoms with Gasteiger partial charge in [-0.25, -0.2) is 0 Å². The predicted molar refractivity (Wildman–Crippen MR) is 41.4 cm³/mol. The molecule has 5 heteroatoms. The third-order valence-electron chi connectivity index (χ3n) is 1.40. The monoisotopic (exact) mass is 175 g/mol. The molecule has 0 rings (SSSR count). The topological polar surface area (TPSA) is 86.6 Å². The first kappa shape index (κ1) is 11.1. The Bertz CT molecular complexity index is 169. The molecular weight excluding hydrogens is 162 g/mol. The van der Waals surface area contributed by atoms with Gasteiger partial charge >= 0.3 is 0 Å². The molecule has 3 atom stereocenters. The van der Waals surface area contributed by atoms with Gasteiger partial charge in [-0.1, -0.05) is 0 Å². The average Bonchev–Trinajstić information content (AvgIpc) is 1.98. The summed E-state index contributed by atoms with van der Waals surface area (Å²) in [7, 11) is 0. The van der Waals surface area contributed by atoms with Gasteiger partial charge in [0.05, 0.1) is 12.1 Å². The number of hydrogen-bond donors (Lipinski definition) is 3. The third kappa shape index (κ3) is 3.45. The van der Waals surface area contributed by atoms with Crippen LogP contribution in [-0.2, 0) is 9.59 Å². The van der Waals surface area contributed by atoms with E-state index in [9.17, 15) is 9.59 Å². The van der Waals surface area contributed by atoms with Crippen molar-refractivity contribution in [2.45, 2.75) is 32.1 Å². The van der Waals surface area contributed by atoms with Crippen molar-refractivity contribution in [3.05, 3.63) is 0 Å². The van der Waals surface area contributed by atoms with Gasteiger partial charge in [-0.3, -0.25) is 4.79 Å². The van der Waals surface area contributed by atoms with Gasteiger partial charge in [-0.2, -0.15) is 0 Å². The molecule has 0 heterocycles. The molecule has 0 aromatic rings. The van der Waals surface area contributed by atoms with E-state index >= 15 is 0 Å². The Labute approximate surface area is 70.4 Å². The standard InChI is InChI=1S/C7H13NO4/c1-4(10)7(6(12)3-9)8-5(2)11/h3-4,6-7,10,12H,1-2H3,(H,8,11)/t4-,6+,7-/m1/s1. The van der Waals surface area contributed by atoms with Gasteiger partial charge in [0.2, 0.25) is 5.91 Å². The SMILES string of the molecule is CC(=O)N[C@H]([C@@H](C)O)[C@@H](O)C=O.